The van der Waals surface area contributed by atoms with E-state index in [4.69, 9.17) is 14.2 Å². The largest absolute Gasteiger partial charge is 0.485 e. The van der Waals surface area contributed by atoms with Crippen LogP contribution >= 0.6 is 0 Å². The minimum Gasteiger partial charge on any atom is -0.485 e. The molecule has 3 N–H and O–H groups in total. The van der Waals surface area contributed by atoms with Gasteiger partial charge < -0.3 is 24.6 Å². The maximum absolute atomic E-state index is 14.0. The number of carbonyl (C=O) groups excluding carboxylic acids is 3. The second-order valence-corrected chi connectivity index (χ2v) is 9.80. The Kier molecular flexibility index (Phi) is 11.9. The summed E-state index contributed by atoms with van der Waals surface area (Å²) in [6.45, 7) is 2.73. The van der Waals surface area contributed by atoms with Gasteiger partial charge in [0.2, 0.25) is 11.6 Å². The van der Waals surface area contributed by atoms with Crippen molar-refractivity contribution in [2.24, 2.45) is 5.92 Å². The second-order valence-electron chi connectivity index (χ2n) is 9.80. The van der Waals surface area contributed by atoms with Gasteiger partial charge in [0.25, 0.3) is 5.91 Å². The highest BCUT2D eigenvalue weighted by Crippen LogP contribution is 2.26. The molecule has 3 aromatic carbocycles. The van der Waals surface area contributed by atoms with Gasteiger partial charge in [0.1, 0.15) is 19.3 Å². The van der Waals surface area contributed by atoms with Gasteiger partial charge in [0.05, 0.1) is 19.1 Å². The summed E-state index contributed by atoms with van der Waals surface area (Å²) >= 11 is 0. The summed E-state index contributed by atoms with van der Waals surface area (Å²) in [4.78, 5) is 37.4. The van der Waals surface area contributed by atoms with Crippen molar-refractivity contribution in [3.63, 3.8) is 0 Å². The lowest BCUT2D eigenvalue weighted by atomic mass is 10.1. The maximum Gasteiger partial charge on any atom is 0.411 e. The average molecular weight is 607 g/mol. The zero-order valence-corrected chi connectivity index (χ0v) is 23.2. The number of benzene rings is 3. The smallest absolute Gasteiger partial charge is 0.411 e. The SMILES string of the molecule is CC(C)COC(=O)C[C@H](NC(=O)c1ccc(NC(=O)OCc2ccccc2)cc1)C(O)COc1c(F)c(F)cc(F)c1F. The molecule has 2 amide bonds. The minimum atomic E-state index is -1.82. The van der Waals surface area contributed by atoms with Crippen LogP contribution in [0.4, 0.5) is 28.0 Å². The number of halogens is 4. The Hall–Kier alpha value is -4.65. The highest BCUT2D eigenvalue weighted by Gasteiger charge is 2.28. The summed E-state index contributed by atoms with van der Waals surface area (Å²) in [5, 5.41) is 15.6. The number of aliphatic hydroxyl groups is 1. The summed E-state index contributed by atoms with van der Waals surface area (Å²) in [7, 11) is 0. The van der Waals surface area contributed by atoms with Crippen molar-refractivity contribution in [1.29, 1.82) is 0 Å². The summed E-state index contributed by atoms with van der Waals surface area (Å²) in [6, 6.07) is 13.1. The molecule has 230 valence electrons. The molecule has 0 heterocycles. The third-order valence-corrected chi connectivity index (χ3v) is 5.82. The van der Waals surface area contributed by atoms with E-state index in [9.17, 15) is 37.1 Å². The number of ether oxygens (including phenoxy) is 3. The number of nitrogens with one attached hydrogen (secondary N) is 2. The highest BCUT2D eigenvalue weighted by molar-refractivity contribution is 5.95. The first-order valence-electron chi connectivity index (χ1n) is 13.1. The molecule has 0 spiro atoms. The molecule has 3 rings (SSSR count). The van der Waals surface area contributed by atoms with E-state index in [1.807, 2.05) is 6.07 Å². The average Bonchev–Trinajstić information content (AvgIpc) is 2.98. The third-order valence-electron chi connectivity index (χ3n) is 5.82. The van der Waals surface area contributed by atoms with Crippen LogP contribution in [0.3, 0.4) is 0 Å². The van der Waals surface area contributed by atoms with Crippen LogP contribution in [0.25, 0.3) is 0 Å². The van der Waals surface area contributed by atoms with Gasteiger partial charge in [-0.15, -0.1) is 0 Å². The Morgan fingerprint density at radius 2 is 1.49 bits per heavy atom. The van der Waals surface area contributed by atoms with Crippen LogP contribution in [0.15, 0.2) is 60.7 Å². The Morgan fingerprint density at radius 3 is 2.09 bits per heavy atom. The number of amides is 2. The van der Waals surface area contributed by atoms with E-state index in [2.05, 4.69) is 10.6 Å². The summed E-state index contributed by atoms with van der Waals surface area (Å²) in [6.07, 6.45) is -3.07. The molecule has 0 bridgehead atoms. The van der Waals surface area contributed by atoms with Crippen LogP contribution in [0.1, 0.15) is 36.2 Å². The predicted molar refractivity (Wildman–Crippen MR) is 146 cm³/mol. The number of carbonyl (C=O) groups is 3. The molecule has 2 atom stereocenters. The first kappa shape index (κ1) is 32.9. The lowest BCUT2D eigenvalue weighted by molar-refractivity contribution is -0.146. The quantitative estimate of drug-likeness (QED) is 0.140. The van der Waals surface area contributed by atoms with Gasteiger partial charge >= 0.3 is 12.1 Å². The van der Waals surface area contributed by atoms with E-state index >= 15 is 0 Å². The summed E-state index contributed by atoms with van der Waals surface area (Å²) < 4.78 is 70.0. The Bertz CT molecular complexity index is 1380. The molecule has 9 nitrogen and oxygen atoms in total. The Labute approximate surface area is 244 Å². The molecule has 3 aromatic rings. The van der Waals surface area contributed by atoms with Crippen molar-refractivity contribution in [1.82, 2.24) is 5.32 Å². The first-order valence-corrected chi connectivity index (χ1v) is 13.1. The lowest BCUT2D eigenvalue weighted by Crippen LogP contribution is -2.47. The van der Waals surface area contributed by atoms with Gasteiger partial charge in [-0.05, 0) is 35.7 Å². The molecule has 0 aliphatic rings. The van der Waals surface area contributed by atoms with Gasteiger partial charge in [-0.1, -0.05) is 44.2 Å². The van der Waals surface area contributed by atoms with Crippen LogP contribution in [0, 0.1) is 29.2 Å². The van der Waals surface area contributed by atoms with E-state index < -0.39 is 72.2 Å². The molecule has 13 heteroatoms. The molecule has 43 heavy (non-hydrogen) atoms. The van der Waals surface area contributed by atoms with Gasteiger partial charge in [-0.2, -0.15) is 8.78 Å². The molecular weight excluding hydrogens is 576 g/mol. The van der Waals surface area contributed by atoms with Crippen LogP contribution in [0.5, 0.6) is 5.75 Å². The van der Waals surface area contributed by atoms with Crippen molar-refractivity contribution in [3.8, 4) is 5.75 Å². The monoisotopic (exact) mass is 606 g/mol. The molecule has 1 unspecified atom stereocenters. The topological polar surface area (TPSA) is 123 Å². The van der Waals surface area contributed by atoms with Crippen LogP contribution in [0.2, 0.25) is 0 Å². The lowest BCUT2D eigenvalue weighted by Gasteiger charge is -2.24. The fourth-order valence-corrected chi connectivity index (χ4v) is 3.58. The van der Waals surface area contributed by atoms with E-state index in [-0.39, 0.29) is 30.8 Å². The zero-order chi connectivity index (χ0) is 31.5. The number of hydrogen-bond acceptors (Lipinski definition) is 7. The maximum atomic E-state index is 14.0. The van der Waals surface area contributed by atoms with Gasteiger partial charge in [-0.3, -0.25) is 14.9 Å². The van der Waals surface area contributed by atoms with E-state index in [1.165, 1.54) is 24.3 Å². The van der Waals surface area contributed by atoms with E-state index in [0.717, 1.165) is 5.56 Å². The van der Waals surface area contributed by atoms with Crippen molar-refractivity contribution >= 4 is 23.7 Å². The highest BCUT2D eigenvalue weighted by atomic mass is 19.2. The molecule has 0 aliphatic carbocycles. The fraction of sp³-hybridized carbons (Fsp3) is 0.300. The fourth-order valence-electron chi connectivity index (χ4n) is 3.58. The standard InChI is InChI=1S/C30H30F4N2O7/c1-17(2)14-41-25(38)13-23(24(37)16-42-28-26(33)21(31)12-22(32)27(28)34)36-29(39)19-8-10-20(11-9-19)35-30(40)43-15-18-6-4-3-5-7-18/h3-12,17,23-24,37H,13-16H2,1-2H3,(H,35,40)(H,36,39)/t23-,24?/m0/s1. The molecule has 0 saturated heterocycles. The van der Waals surface area contributed by atoms with Crippen LogP contribution in [-0.4, -0.2) is 48.4 Å². The predicted octanol–water partition coefficient (Wildman–Crippen LogP) is 5.12. The van der Waals surface area contributed by atoms with Crippen LogP contribution in [-0.2, 0) is 20.9 Å². The minimum absolute atomic E-state index is 0.00380. The van der Waals surface area contributed by atoms with Gasteiger partial charge in [-0.25, -0.2) is 13.6 Å². The molecule has 0 aliphatic heterocycles. The van der Waals surface area contributed by atoms with E-state index in [1.54, 1.807) is 38.1 Å². The first-order chi connectivity index (χ1) is 20.4. The zero-order valence-electron chi connectivity index (χ0n) is 23.2. The third kappa shape index (κ3) is 9.99. The normalized spacial score (nSPS) is 12.3. The number of rotatable bonds is 13. The van der Waals surface area contributed by atoms with Crippen molar-refractivity contribution in [3.05, 3.63) is 95.1 Å². The molecule has 0 aromatic heterocycles. The van der Waals surface area contributed by atoms with Crippen molar-refractivity contribution in [2.45, 2.75) is 39.0 Å². The van der Waals surface area contributed by atoms with Gasteiger partial charge in [0.15, 0.2) is 17.4 Å². The molecule has 0 fully saturated rings. The van der Waals surface area contributed by atoms with E-state index in [0.29, 0.717) is 5.69 Å². The molecule has 0 radical (unpaired) electrons. The summed E-state index contributed by atoms with van der Waals surface area (Å²) in [5.41, 5.74) is 1.16. The number of esters is 1. The molecule has 0 saturated carbocycles. The number of hydrogen-bond donors (Lipinski definition) is 3. The molecular formula is C30H30F4N2O7. The van der Waals surface area contributed by atoms with Crippen molar-refractivity contribution < 1.29 is 51.3 Å². The van der Waals surface area contributed by atoms with Crippen molar-refractivity contribution in [2.75, 3.05) is 18.5 Å². The number of anilines is 1. The number of aliphatic hydroxyl groups excluding tert-OH is 1. The van der Waals surface area contributed by atoms with Gasteiger partial charge in [0, 0.05) is 17.3 Å². The Morgan fingerprint density at radius 1 is 0.860 bits per heavy atom. The van der Waals surface area contributed by atoms with Crippen LogP contribution < -0.4 is 15.4 Å². The second kappa shape index (κ2) is 15.5. The Balaban J connectivity index is 1.65. The summed E-state index contributed by atoms with van der Waals surface area (Å²) in [5.74, 6) is -10.1.